The lowest BCUT2D eigenvalue weighted by atomic mass is 9.84. The Morgan fingerprint density at radius 3 is 1.12 bits per heavy atom. The van der Waals surface area contributed by atoms with Crippen LogP contribution >= 0.6 is 0 Å². The lowest BCUT2D eigenvalue weighted by Gasteiger charge is -2.21. The minimum atomic E-state index is 0. The Morgan fingerprint density at radius 2 is 1.12 bits per heavy atom. The van der Waals surface area contributed by atoms with Gasteiger partial charge in [-0.25, -0.2) is 0 Å². The largest absolute Gasteiger partial charge is 0.316 e. The van der Waals surface area contributed by atoms with Crippen molar-refractivity contribution in [3.05, 3.63) is 5.92 Å². The zero-order valence-electron chi connectivity index (χ0n) is 6.00. The molecule has 0 aromatic heterocycles. The number of hydrogen-bond acceptors (Lipinski definition) is 0. The molecule has 0 bridgehead atoms. The minimum absolute atomic E-state index is 0. The van der Waals surface area contributed by atoms with Crippen molar-refractivity contribution in [1.82, 2.24) is 0 Å². The standard InChI is InChI=1S/C7H15.Mg.2H/c1-6(2)7(3,4)5;;;/h1-5H3;;;. The summed E-state index contributed by atoms with van der Waals surface area (Å²) in [6.07, 6.45) is 0. The molecule has 0 saturated carbocycles. The molecule has 47 valence electrons. The lowest BCUT2D eigenvalue weighted by molar-refractivity contribution is 0.438. The van der Waals surface area contributed by atoms with Gasteiger partial charge in [-0.1, -0.05) is 34.6 Å². The minimum Gasteiger partial charge on any atom is -0.0596 e. The summed E-state index contributed by atoms with van der Waals surface area (Å²) >= 11 is 0. The number of rotatable bonds is 0. The summed E-state index contributed by atoms with van der Waals surface area (Å²) in [5, 5.41) is 0. The molecule has 0 aromatic rings. The number of hydrogen-bond donors (Lipinski definition) is 0. The predicted molar refractivity (Wildman–Crippen MR) is 42.6 cm³/mol. The maximum atomic E-state index is 2.22. The van der Waals surface area contributed by atoms with E-state index in [1.165, 1.54) is 5.92 Å². The quantitative estimate of drug-likeness (QED) is 0.433. The third-order valence-electron chi connectivity index (χ3n) is 1.50. The van der Waals surface area contributed by atoms with Crippen molar-refractivity contribution in [3.63, 3.8) is 0 Å². The summed E-state index contributed by atoms with van der Waals surface area (Å²) in [4.78, 5) is 0. The molecule has 0 heterocycles. The highest BCUT2D eigenvalue weighted by atomic mass is 24.3. The highest BCUT2D eigenvalue weighted by molar-refractivity contribution is 5.75. The van der Waals surface area contributed by atoms with Crippen LogP contribution in [0.25, 0.3) is 0 Å². The molecule has 1 heteroatoms. The molecule has 0 nitrogen and oxygen atoms in total. The van der Waals surface area contributed by atoms with E-state index in [-0.39, 0.29) is 23.1 Å². The van der Waals surface area contributed by atoms with Crippen LogP contribution in [0.2, 0.25) is 0 Å². The molecular formula is C7H17Mg. The van der Waals surface area contributed by atoms with Gasteiger partial charge in [-0.05, 0) is 11.3 Å². The van der Waals surface area contributed by atoms with Crippen LogP contribution in [-0.4, -0.2) is 23.1 Å². The second-order valence-corrected chi connectivity index (χ2v) is 3.25. The van der Waals surface area contributed by atoms with E-state index in [2.05, 4.69) is 34.6 Å². The maximum Gasteiger partial charge on any atom is 0.316 e. The van der Waals surface area contributed by atoms with Crippen molar-refractivity contribution in [3.8, 4) is 0 Å². The van der Waals surface area contributed by atoms with Gasteiger partial charge in [0.15, 0.2) is 0 Å². The fraction of sp³-hybridized carbons (Fsp3) is 0.857. The van der Waals surface area contributed by atoms with Crippen molar-refractivity contribution in [2.45, 2.75) is 34.6 Å². The predicted octanol–water partition coefficient (Wildman–Crippen LogP) is 1.73. The van der Waals surface area contributed by atoms with E-state index in [1.54, 1.807) is 0 Å². The molecule has 0 rings (SSSR count). The second-order valence-electron chi connectivity index (χ2n) is 3.25. The molecule has 0 fully saturated rings. The Bertz CT molecular complexity index is 49.9. The molecule has 0 N–H and O–H groups in total. The molecule has 0 aliphatic heterocycles. The molecule has 0 aromatic carbocycles. The topological polar surface area (TPSA) is 0 Å². The van der Waals surface area contributed by atoms with Crippen molar-refractivity contribution >= 4 is 23.1 Å². The maximum absolute atomic E-state index is 2.22. The molecule has 0 unspecified atom stereocenters. The smallest absolute Gasteiger partial charge is 0.0596 e. The van der Waals surface area contributed by atoms with Gasteiger partial charge in [-0.15, -0.1) is 0 Å². The summed E-state index contributed by atoms with van der Waals surface area (Å²) < 4.78 is 0. The molecule has 8 heavy (non-hydrogen) atoms. The van der Waals surface area contributed by atoms with Crippen molar-refractivity contribution in [2.24, 2.45) is 5.41 Å². The first kappa shape index (κ1) is 11.5. The summed E-state index contributed by atoms with van der Waals surface area (Å²) in [6.45, 7) is 11.0. The Hall–Kier alpha value is 0.766. The SMILES string of the molecule is C[C](C)C(C)(C)C.[MgH2]. The van der Waals surface area contributed by atoms with E-state index in [0.29, 0.717) is 5.41 Å². The highest BCUT2D eigenvalue weighted by Crippen LogP contribution is 2.25. The van der Waals surface area contributed by atoms with E-state index in [9.17, 15) is 0 Å². The Balaban J connectivity index is 0. The van der Waals surface area contributed by atoms with Crippen LogP contribution in [0.5, 0.6) is 0 Å². The van der Waals surface area contributed by atoms with Crippen LogP contribution in [0, 0.1) is 11.3 Å². The average Bonchev–Trinajstić information content (AvgIpc) is 1.31. The Morgan fingerprint density at radius 1 is 1.00 bits per heavy atom. The summed E-state index contributed by atoms with van der Waals surface area (Å²) in [5.41, 5.74) is 0.417. The first-order valence-electron chi connectivity index (χ1n) is 2.75. The average molecular weight is 126 g/mol. The van der Waals surface area contributed by atoms with Gasteiger partial charge < -0.3 is 0 Å². The van der Waals surface area contributed by atoms with E-state index < -0.39 is 0 Å². The van der Waals surface area contributed by atoms with Gasteiger partial charge in [0.05, 0.1) is 0 Å². The van der Waals surface area contributed by atoms with Gasteiger partial charge >= 0.3 is 23.1 Å². The normalized spacial score (nSPS) is 11.2. The summed E-state index contributed by atoms with van der Waals surface area (Å²) in [7, 11) is 0. The van der Waals surface area contributed by atoms with Gasteiger partial charge in [0, 0.05) is 0 Å². The molecule has 0 aliphatic carbocycles. The van der Waals surface area contributed by atoms with Gasteiger partial charge in [0.1, 0.15) is 0 Å². The van der Waals surface area contributed by atoms with Crippen LogP contribution < -0.4 is 0 Å². The fourth-order valence-corrected chi connectivity index (χ4v) is 0. The van der Waals surface area contributed by atoms with Crippen LogP contribution in [0.4, 0.5) is 0 Å². The molecular weight excluding hydrogens is 108 g/mol. The zero-order chi connectivity index (χ0) is 6.08. The zero-order valence-corrected chi connectivity index (χ0v) is 6.00. The van der Waals surface area contributed by atoms with Crippen LogP contribution in [0.1, 0.15) is 34.6 Å². The van der Waals surface area contributed by atoms with E-state index in [4.69, 9.17) is 0 Å². The fourth-order valence-electron chi connectivity index (χ4n) is 0. The van der Waals surface area contributed by atoms with Gasteiger partial charge in [-0.3, -0.25) is 0 Å². The molecule has 0 saturated heterocycles. The summed E-state index contributed by atoms with van der Waals surface area (Å²) in [5.74, 6) is 1.49. The first-order valence-corrected chi connectivity index (χ1v) is 2.75. The van der Waals surface area contributed by atoms with Crippen LogP contribution in [-0.2, 0) is 0 Å². The third-order valence-corrected chi connectivity index (χ3v) is 1.50. The molecule has 0 aliphatic rings. The third kappa shape index (κ3) is 4.91. The highest BCUT2D eigenvalue weighted by Gasteiger charge is 2.14. The van der Waals surface area contributed by atoms with E-state index in [1.807, 2.05) is 0 Å². The van der Waals surface area contributed by atoms with Crippen molar-refractivity contribution in [1.29, 1.82) is 0 Å². The van der Waals surface area contributed by atoms with E-state index >= 15 is 0 Å². The van der Waals surface area contributed by atoms with Crippen LogP contribution in [0.3, 0.4) is 0 Å². The van der Waals surface area contributed by atoms with Gasteiger partial charge in [0.25, 0.3) is 0 Å². The Labute approximate surface area is 69.2 Å². The second kappa shape index (κ2) is 3.73. The Kier molecular flexibility index (Phi) is 5.38. The van der Waals surface area contributed by atoms with Gasteiger partial charge in [0.2, 0.25) is 0 Å². The van der Waals surface area contributed by atoms with Gasteiger partial charge in [-0.2, -0.15) is 0 Å². The summed E-state index contributed by atoms with van der Waals surface area (Å²) in [6, 6.07) is 0. The van der Waals surface area contributed by atoms with Crippen molar-refractivity contribution < 1.29 is 0 Å². The lowest BCUT2D eigenvalue weighted by Crippen LogP contribution is -2.10. The monoisotopic (exact) mass is 125 g/mol. The van der Waals surface area contributed by atoms with Crippen LogP contribution in [0.15, 0.2) is 0 Å². The van der Waals surface area contributed by atoms with E-state index in [0.717, 1.165) is 0 Å². The first-order chi connectivity index (χ1) is 2.94. The molecule has 0 atom stereocenters. The molecule has 1 radical (unpaired) electrons. The molecule has 0 amide bonds. The van der Waals surface area contributed by atoms with Crippen molar-refractivity contribution in [2.75, 3.05) is 0 Å². The molecule has 0 spiro atoms.